The van der Waals surface area contributed by atoms with Gasteiger partial charge in [0.15, 0.2) is 5.82 Å². The molecule has 0 amide bonds. The van der Waals surface area contributed by atoms with Crippen molar-refractivity contribution in [3.05, 3.63) is 30.2 Å². The van der Waals surface area contributed by atoms with Crippen LogP contribution in [0.3, 0.4) is 0 Å². The first kappa shape index (κ1) is 9.62. The molecule has 0 unspecified atom stereocenters. The third-order valence-corrected chi connectivity index (χ3v) is 2.22. The van der Waals surface area contributed by atoms with E-state index in [0.29, 0.717) is 5.82 Å². The molecule has 0 aliphatic heterocycles. The largest absolute Gasteiger partial charge is 0.301 e. The molecule has 2 rings (SSSR count). The Bertz CT molecular complexity index is 536. The van der Waals surface area contributed by atoms with E-state index in [1.165, 1.54) is 6.08 Å². The highest BCUT2D eigenvalue weighted by Crippen LogP contribution is 2.24. The minimum absolute atomic E-state index is 0.288. The summed E-state index contributed by atoms with van der Waals surface area (Å²) >= 11 is 0. The van der Waals surface area contributed by atoms with E-state index in [1.54, 1.807) is 0 Å². The maximum Gasteiger partial charge on any atom is 0.242 e. The third-order valence-electron chi connectivity index (χ3n) is 2.22. The molecule has 0 N–H and O–H groups in total. The minimum atomic E-state index is 0.288. The second kappa shape index (κ2) is 3.67. The maximum absolute atomic E-state index is 10.3. The molecule has 0 aliphatic carbocycles. The van der Waals surface area contributed by atoms with Crippen molar-refractivity contribution in [2.24, 2.45) is 4.99 Å². The molecule has 0 aromatic carbocycles. The number of aliphatic imine (C=N–C) groups is 1. The quantitative estimate of drug-likeness (QED) is 0.553. The Morgan fingerprint density at radius 2 is 2.27 bits per heavy atom. The van der Waals surface area contributed by atoms with Gasteiger partial charge in [0.25, 0.3) is 0 Å². The molecular formula is C11H11N3O. The summed E-state index contributed by atoms with van der Waals surface area (Å²) in [6, 6.07) is 5.70. The van der Waals surface area contributed by atoms with Crippen LogP contribution in [0, 0.1) is 0 Å². The first-order chi connectivity index (χ1) is 7.24. The monoisotopic (exact) mass is 201 g/mol. The lowest BCUT2D eigenvalue weighted by Gasteiger charge is -2.02. The Morgan fingerprint density at radius 3 is 2.93 bits per heavy atom. The van der Waals surface area contributed by atoms with E-state index in [-0.39, 0.29) is 5.92 Å². The zero-order chi connectivity index (χ0) is 10.8. The molecule has 76 valence electrons. The highest BCUT2D eigenvalue weighted by atomic mass is 16.1. The Balaban J connectivity index is 2.78. The number of hydrogen-bond donors (Lipinski definition) is 0. The number of imidazole rings is 1. The number of rotatable bonds is 2. The maximum atomic E-state index is 10.3. The molecule has 2 heterocycles. The van der Waals surface area contributed by atoms with E-state index in [2.05, 4.69) is 23.8 Å². The molecule has 0 aliphatic rings. The van der Waals surface area contributed by atoms with Crippen molar-refractivity contribution in [2.45, 2.75) is 19.8 Å². The lowest BCUT2D eigenvalue weighted by Crippen LogP contribution is -1.95. The lowest BCUT2D eigenvalue weighted by atomic mass is 10.2. The number of carbonyl (C=O) groups excluding carboxylic acids is 1. The normalized spacial score (nSPS) is 10.6. The number of hydrogen-bond acceptors (Lipinski definition) is 3. The van der Waals surface area contributed by atoms with Crippen molar-refractivity contribution >= 4 is 17.4 Å². The smallest absolute Gasteiger partial charge is 0.242 e. The average Bonchev–Trinajstić information content (AvgIpc) is 2.59. The van der Waals surface area contributed by atoms with Crippen LogP contribution in [0.15, 0.2) is 29.4 Å². The Kier molecular flexibility index (Phi) is 2.35. The summed E-state index contributed by atoms with van der Waals surface area (Å²) in [6.45, 7) is 4.10. The van der Waals surface area contributed by atoms with E-state index in [9.17, 15) is 4.79 Å². The molecule has 2 aromatic heterocycles. The van der Waals surface area contributed by atoms with Crippen LogP contribution >= 0.6 is 0 Å². The van der Waals surface area contributed by atoms with Crippen molar-refractivity contribution in [1.82, 2.24) is 9.38 Å². The van der Waals surface area contributed by atoms with Gasteiger partial charge in [0.05, 0.1) is 5.52 Å². The summed E-state index contributed by atoms with van der Waals surface area (Å²) in [6.07, 6.45) is 3.45. The van der Waals surface area contributed by atoms with E-state index < -0.39 is 0 Å². The SMILES string of the molecule is CC(C)c1nc(N=C=O)c2ccccn12. The molecule has 0 saturated carbocycles. The van der Waals surface area contributed by atoms with Crippen LogP contribution in [0.5, 0.6) is 0 Å². The summed E-state index contributed by atoms with van der Waals surface area (Å²) in [5.41, 5.74) is 0.838. The van der Waals surface area contributed by atoms with Gasteiger partial charge >= 0.3 is 0 Å². The van der Waals surface area contributed by atoms with Gasteiger partial charge in [-0.05, 0) is 12.1 Å². The predicted octanol–water partition coefficient (Wildman–Crippen LogP) is 2.42. The van der Waals surface area contributed by atoms with Crippen molar-refractivity contribution < 1.29 is 4.79 Å². The number of pyridine rings is 1. The van der Waals surface area contributed by atoms with Crippen LogP contribution in [-0.4, -0.2) is 15.5 Å². The van der Waals surface area contributed by atoms with E-state index in [1.807, 2.05) is 28.8 Å². The van der Waals surface area contributed by atoms with Gasteiger partial charge in [0.2, 0.25) is 6.08 Å². The number of aromatic nitrogens is 2. The van der Waals surface area contributed by atoms with Crippen LogP contribution in [0.1, 0.15) is 25.6 Å². The molecule has 2 aromatic rings. The highest BCUT2D eigenvalue weighted by Gasteiger charge is 2.12. The molecular weight excluding hydrogens is 190 g/mol. The van der Waals surface area contributed by atoms with Crippen molar-refractivity contribution in [3.63, 3.8) is 0 Å². The standard InChI is InChI=1S/C11H11N3O/c1-8(2)11-13-10(12-7-15)9-5-3-4-6-14(9)11/h3-6,8H,1-2H3. The molecule has 4 nitrogen and oxygen atoms in total. The molecule has 0 bridgehead atoms. The molecule has 0 fully saturated rings. The topological polar surface area (TPSA) is 46.7 Å². The molecule has 0 saturated heterocycles. The number of isocyanates is 1. The summed E-state index contributed by atoms with van der Waals surface area (Å²) < 4.78 is 1.95. The fourth-order valence-electron chi connectivity index (χ4n) is 1.58. The summed E-state index contributed by atoms with van der Waals surface area (Å²) in [5, 5.41) is 0. The Morgan fingerprint density at radius 1 is 1.47 bits per heavy atom. The fourth-order valence-corrected chi connectivity index (χ4v) is 1.58. The zero-order valence-electron chi connectivity index (χ0n) is 8.64. The van der Waals surface area contributed by atoms with Crippen molar-refractivity contribution in [3.8, 4) is 0 Å². The van der Waals surface area contributed by atoms with Gasteiger partial charge in [-0.1, -0.05) is 19.9 Å². The van der Waals surface area contributed by atoms with Gasteiger partial charge < -0.3 is 4.40 Å². The fraction of sp³-hybridized carbons (Fsp3) is 0.273. The van der Waals surface area contributed by atoms with Crippen molar-refractivity contribution in [1.29, 1.82) is 0 Å². The number of fused-ring (bicyclic) bond motifs is 1. The van der Waals surface area contributed by atoms with Gasteiger partial charge in [0, 0.05) is 12.1 Å². The van der Waals surface area contributed by atoms with Crippen LogP contribution in [0.25, 0.3) is 5.52 Å². The van der Waals surface area contributed by atoms with Gasteiger partial charge in [-0.3, -0.25) is 0 Å². The van der Waals surface area contributed by atoms with E-state index in [0.717, 1.165) is 11.3 Å². The summed E-state index contributed by atoms with van der Waals surface area (Å²) in [7, 11) is 0. The second-order valence-electron chi connectivity index (χ2n) is 3.61. The zero-order valence-corrected chi connectivity index (χ0v) is 8.64. The highest BCUT2D eigenvalue weighted by molar-refractivity contribution is 5.68. The molecule has 15 heavy (non-hydrogen) atoms. The predicted molar refractivity (Wildman–Crippen MR) is 57.1 cm³/mol. The average molecular weight is 201 g/mol. The van der Waals surface area contributed by atoms with E-state index >= 15 is 0 Å². The summed E-state index contributed by atoms with van der Waals surface area (Å²) in [4.78, 5) is 18.2. The molecule has 0 atom stereocenters. The van der Waals surface area contributed by atoms with Gasteiger partial charge in [-0.15, -0.1) is 4.99 Å². The Labute approximate surface area is 87.3 Å². The first-order valence-corrected chi connectivity index (χ1v) is 4.79. The second-order valence-corrected chi connectivity index (χ2v) is 3.61. The van der Waals surface area contributed by atoms with Gasteiger partial charge in [0.1, 0.15) is 5.82 Å². The first-order valence-electron chi connectivity index (χ1n) is 4.79. The van der Waals surface area contributed by atoms with Crippen LogP contribution in [-0.2, 0) is 4.79 Å². The van der Waals surface area contributed by atoms with Gasteiger partial charge in [-0.25, -0.2) is 9.78 Å². The molecule has 4 heteroatoms. The summed E-state index contributed by atoms with van der Waals surface area (Å²) in [5.74, 6) is 1.63. The minimum Gasteiger partial charge on any atom is -0.301 e. The molecule has 0 radical (unpaired) electrons. The van der Waals surface area contributed by atoms with Crippen LogP contribution in [0.4, 0.5) is 5.82 Å². The van der Waals surface area contributed by atoms with Crippen LogP contribution < -0.4 is 0 Å². The van der Waals surface area contributed by atoms with Crippen molar-refractivity contribution in [2.75, 3.05) is 0 Å². The van der Waals surface area contributed by atoms with Gasteiger partial charge in [-0.2, -0.15) is 0 Å². The number of nitrogens with zero attached hydrogens (tertiary/aromatic N) is 3. The van der Waals surface area contributed by atoms with Crippen LogP contribution in [0.2, 0.25) is 0 Å². The molecule has 0 spiro atoms. The Hall–Kier alpha value is -1.93. The lowest BCUT2D eigenvalue weighted by molar-refractivity contribution is 0.565. The third kappa shape index (κ3) is 1.55. The van der Waals surface area contributed by atoms with E-state index in [4.69, 9.17) is 0 Å².